The summed E-state index contributed by atoms with van der Waals surface area (Å²) in [7, 11) is 0. The zero-order valence-electron chi connectivity index (χ0n) is 7.63. The number of aromatic nitrogens is 1. The summed E-state index contributed by atoms with van der Waals surface area (Å²) < 4.78 is 0. The van der Waals surface area contributed by atoms with Crippen LogP contribution in [0, 0.1) is 13.8 Å². The molecule has 2 aromatic rings. The van der Waals surface area contributed by atoms with Gasteiger partial charge in [-0.25, -0.2) is 0 Å². The van der Waals surface area contributed by atoms with E-state index in [1.54, 1.807) is 0 Å². The molecule has 0 N–H and O–H groups in total. The molecule has 1 nitrogen and oxygen atoms in total. The number of aryl methyl sites for hydroxylation is 2. The van der Waals surface area contributed by atoms with Crippen LogP contribution in [0.5, 0.6) is 0 Å². The molecule has 13 heavy (non-hydrogen) atoms. The predicted octanol–water partition coefficient (Wildman–Crippen LogP) is 3.51. The Balaban J connectivity index is 2.87. The van der Waals surface area contributed by atoms with E-state index in [-0.39, 0.29) is 0 Å². The summed E-state index contributed by atoms with van der Waals surface area (Å²) >= 11 is 6.14. The van der Waals surface area contributed by atoms with Crippen molar-refractivity contribution in [1.82, 2.24) is 4.98 Å². The molecule has 2 heteroatoms. The van der Waals surface area contributed by atoms with Gasteiger partial charge in [0.2, 0.25) is 0 Å². The largest absolute Gasteiger partial charge is 0.261 e. The zero-order chi connectivity index (χ0) is 9.42. The Bertz CT molecular complexity index is 463. The van der Waals surface area contributed by atoms with E-state index in [1.165, 1.54) is 0 Å². The third-order valence-electron chi connectivity index (χ3n) is 2.17. The van der Waals surface area contributed by atoms with Gasteiger partial charge >= 0.3 is 0 Å². The van der Waals surface area contributed by atoms with Gasteiger partial charge in [0.1, 0.15) is 0 Å². The van der Waals surface area contributed by atoms with Crippen LogP contribution in [-0.2, 0) is 0 Å². The summed E-state index contributed by atoms with van der Waals surface area (Å²) in [6.45, 7) is 3.98. The quantitative estimate of drug-likeness (QED) is 0.621. The van der Waals surface area contributed by atoms with Gasteiger partial charge in [-0.05, 0) is 30.9 Å². The van der Waals surface area contributed by atoms with Gasteiger partial charge in [0.25, 0.3) is 0 Å². The highest BCUT2D eigenvalue weighted by molar-refractivity contribution is 6.36. The Labute approximate surface area is 82.4 Å². The number of pyridine rings is 1. The van der Waals surface area contributed by atoms with Crippen LogP contribution in [0.25, 0.3) is 10.8 Å². The predicted molar refractivity (Wildman–Crippen MR) is 56.2 cm³/mol. The Morgan fingerprint density at radius 1 is 1.23 bits per heavy atom. The fraction of sp³-hybridized carbons (Fsp3) is 0.182. The van der Waals surface area contributed by atoms with E-state index < -0.39 is 0 Å². The van der Waals surface area contributed by atoms with Crippen molar-refractivity contribution in [3.8, 4) is 0 Å². The van der Waals surface area contributed by atoms with Crippen molar-refractivity contribution in [2.45, 2.75) is 13.8 Å². The molecule has 0 fully saturated rings. The number of fused-ring (bicyclic) bond motifs is 1. The summed E-state index contributed by atoms with van der Waals surface area (Å²) in [5.41, 5.74) is 2.12. The number of hydrogen-bond acceptors (Lipinski definition) is 1. The molecular weight excluding hydrogens is 182 g/mol. The van der Waals surface area contributed by atoms with E-state index in [2.05, 4.69) is 11.1 Å². The number of halogens is 1. The maximum atomic E-state index is 6.14. The molecule has 2 rings (SSSR count). The first-order valence-corrected chi connectivity index (χ1v) is 4.58. The van der Waals surface area contributed by atoms with Crippen LogP contribution in [0.4, 0.5) is 0 Å². The van der Waals surface area contributed by atoms with Crippen LogP contribution < -0.4 is 0 Å². The van der Waals surface area contributed by atoms with E-state index in [0.29, 0.717) is 0 Å². The van der Waals surface area contributed by atoms with E-state index in [4.69, 9.17) is 11.6 Å². The van der Waals surface area contributed by atoms with Crippen molar-refractivity contribution in [1.29, 1.82) is 0 Å². The van der Waals surface area contributed by atoms with Crippen molar-refractivity contribution in [3.63, 3.8) is 0 Å². The van der Waals surface area contributed by atoms with Gasteiger partial charge in [-0.3, -0.25) is 4.98 Å². The van der Waals surface area contributed by atoms with Gasteiger partial charge in [0.15, 0.2) is 0 Å². The molecule has 0 saturated carbocycles. The van der Waals surface area contributed by atoms with Gasteiger partial charge in [0, 0.05) is 17.3 Å². The summed E-state index contributed by atoms with van der Waals surface area (Å²) in [5, 5.41) is 3.00. The van der Waals surface area contributed by atoms with Crippen molar-refractivity contribution in [2.75, 3.05) is 0 Å². The number of hydrogen-bond donors (Lipinski definition) is 0. The first kappa shape index (κ1) is 8.52. The fourth-order valence-electron chi connectivity index (χ4n) is 1.40. The lowest BCUT2D eigenvalue weighted by Crippen LogP contribution is -1.83. The monoisotopic (exact) mass is 191 g/mol. The molecule has 0 atom stereocenters. The van der Waals surface area contributed by atoms with E-state index >= 15 is 0 Å². The minimum Gasteiger partial charge on any atom is -0.261 e. The van der Waals surface area contributed by atoms with Crippen molar-refractivity contribution < 1.29 is 0 Å². The Kier molecular flexibility index (Phi) is 1.97. The first-order chi connectivity index (χ1) is 6.18. The smallest absolute Gasteiger partial charge is 0.0529 e. The first-order valence-electron chi connectivity index (χ1n) is 4.20. The van der Waals surface area contributed by atoms with Crippen LogP contribution in [0.15, 0.2) is 24.4 Å². The van der Waals surface area contributed by atoms with Gasteiger partial charge < -0.3 is 0 Å². The number of benzene rings is 1. The van der Waals surface area contributed by atoms with Gasteiger partial charge in [-0.1, -0.05) is 23.7 Å². The van der Waals surface area contributed by atoms with Crippen molar-refractivity contribution in [2.24, 2.45) is 0 Å². The van der Waals surface area contributed by atoms with Gasteiger partial charge in [0.05, 0.1) is 5.02 Å². The van der Waals surface area contributed by atoms with E-state index in [9.17, 15) is 0 Å². The lowest BCUT2D eigenvalue weighted by molar-refractivity contribution is 1.22. The molecule has 0 unspecified atom stereocenters. The molecule has 1 heterocycles. The maximum Gasteiger partial charge on any atom is 0.0529 e. The van der Waals surface area contributed by atoms with Gasteiger partial charge in [-0.2, -0.15) is 0 Å². The third-order valence-corrected chi connectivity index (χ3v) is 2.67. The maximum absolute atomic E-state index is 6.14. The molecule has 0 spiro atoms. The second kappa shape index (κ2) is 3.00. The topological polar surface area (TPSA) is 12.9 Å². The molecule has 1 aromatic heterocycles. The molecule has 1 aromatic carbocycles. The minimum absolute atomic E-state index is 0.810. The molecular formula is C11H10ClN. The molecule has 0 aliphatic rings. The SMILES string of the molecule is Cc1cc2ccc(C)c(Cl)c2cn1. The molecule has 0 aliphatic carbocycles. The molecule has 66 valence electrons. The summed E-state index contributed by atoms with van der Waals surface area (Å²) in [4.78, 5) is 4.22. The Morgan fingerprint density at radius 2 is 2.00 bits per heavy atom. The minimum atomic E-state index is 0.810. The lowest BCUT2D eigenvalue weighted by atomic mass is 10.1. The highest BCUT2D eigenvalue weighted by atomic mass is 35.5. The highest BCUT2D eigenvalue weighted by Crippen LogP contribution is 2.26. The van der Waals surface area contributed by atoms with Crippen LogP contribution >= 0.6 is 11.6 Å². The van der Waals surface area contributed by atoms with E-state index in [0.717, 1.165) is 27.1 Å². The molecule has 0 aliphatic heterocycles. The van der Waals surface area contributed by atoms with Crippen LogP contribution in [0.1, 0.15) is 11.3 Å². The molecule has 0 bridgehead atoms. The summed E-state index contributed by atoms with van der Waals surface area (Å²) in [5.74, 6) is 0. The van der Waals surface area contributed by atoms with Crippen LogP contribution in [0.3, 0.4) is 0 Å². The number of nitrogens with zero attached hydrogens (tertiary/aromatic N) is 1. The van der Waals surface area contributed by atoms with Crippen LogP contribution in [-0.4, -0.2) is 4.98 Å². The molecule has 0 amide bonds. The normalized spacial score (nSPS) is 10.7. The summed E-state index contributed by atoms with van der Waals surface area (Å²) in [6, 6.07) is 6.15. The average Bonchev–Trinajstić information content (AvgIpc) is 2.12. The molecule has 0 saturated heterocycles. The third kappa shape index (κ3) is 1.40. The molecule has 0 radical (unpaired) electrons. The van der Waals surface area contributed by atoms with E-state index in [1.807, 2.05) is 32.2 Å². The summed E-state index contributed by atoms with van der Waals surface area (Å²) in [6.07, 6.45) is 1.83. The average molecular weight is 192 g/mol. The zero-order valence-corrected chi connectivity index (χ0v) is 8.39. The lowest BCUT2D eigenvalue weighted by Gasteiger charge is -2.03. The number of rotatable bonds is 0. The standard InChI is InChI=1S/C11H10ClN/c1-7-3-4-9-5-8(2)13-6-10(9)11(7)12/h3-6H,1-2H3. The van der Waals surface area contributed by atoms with Crippen molar-refractivity contribution >= 4 is 22.4 Å². The highest BCUT2D eigenvalue weighted by Gasteiger charge is 2.01. The van der Waals surface area contributed by atoms with Crippen LogP contribution in [0.2, 0.25) is 5.02 Å². The van der Waals surface area contributed by atoms with Gasteiger partial charge in [-0.15, -0.1) is 0 Å². The second-order valence-electron chi connectivity index (χ2n) is 3.24. The Morgan fingerprint density at radius 3 is 2.77 bits per heavy atom. The Hall–Kier alpha value is -1.08. The second-order valence-corrected chi connectivity index (χ2v) is 3.62. The van der Waals surface area contributed by atoms with Crippen molar-refractivity contribution in [3.05, 3.63) is 40.7 Å². The fourth-order valence-corrected chi connectivity index (χ4v) is 1.62.